The minimum atomic E-state index is 0.169. The lowest BCUT2D eigenvalue weighted by Gasteiger charge is -2.42. The van der Waals surface area contributed by atoms with Gasteiger partial charge in [-0.1, -0.05) is 13.0 Å². The van der Waals surface area contributed by atoms with Gasteiger partial charge in [-0.3, -0.25) is 4.90 Å². The lowest BCUT2D eigenvalue weighted by atomic mass is 10.0. The smallest absolute Gasteiger partial charge is 0.161 e. The Bertz CT molecular complexity index is 481. The first-order valence-corrected chi connectivity index (χ1v) is 8.20. The predicted molar refractivity (Wildman–Crippen MR) is 89.4 cm³/mol. The third kappa shape index (κ3) is 3.72. The van der Waals surface area contributed by atoms with E-state index in [2.05, 4.69) is 23.8 Å². The molecule has 3 N–H and O–H groups in total. The fraction of sp³-hybridized carbons (Fsp3) is 0.647. The number of piperazine rings is 1. The van der Waals surface area contributed by atoms with Gasteiger partial charge in [-0.05, 0) is 38.1 Å². The van der Waals surface area contributed by atoms with Gasteiger partial charge in [-0.2, -0.15) is 0 Å². The molecular weight excluding hydrogens is 278 g/mol. The van der Waals surface area contributed by atoms with E-state index in [0.717, 1.165) is 31.6 Å². The second-order valence-electron chi connectivity index (χ2n) is 5.95. The zero-order valence-corrected chi connectivity index (χ0v) is 14.0. The fourth-order valence-electron chi connectivity index (χ4n) is 3.20. The molecule has 2 atom stereocenters. The van der Waals surface area contributed by atoms with E-state index in [0.29, 0.717) is 24.9 Å². The van der Waals surface area contributed by atoms with Gasteiger partial charge >= 0.3 is 0 Å². The van der Waals surface area contributed by atoms with Gasteiger partial charge in [0.15, 0.2) is 11.5 Å². The monoisotopic (exact) mass is 307 g/mol. The maximum atomic E-state index is 9.87. The molecule has 0 amide bonds. The van der Waals surface area contributed by atoms with Crippen LogP contribution in [0.2, 0.25) is 0 Å². The minimum absolute atomic E-state index is 0.169. The number of benzene rings is 1. The van der Waals surface area contributed by atoms with E-state index in [1.807, 2.05) is 19.1 Å². The van der Waals surface area contributed by atoms with Gasteiger partial charge in [-0.15, -0.1) is 0 Å². The lowest BCUT2D eigenvalue weighted by Crippen LogP contribution is -2.53. The van der Waals surface area contributed by atoms with Crippen LogP contribution in [-0.2, 0) is 0 Å². The van der Waals surface area contributed by atoms with Crippen LogP contribution in [0, 0.1) is 0 Å². The number of nitrogens with zero attached hydrogens (tertiary/aromatic N) is 2. The van der Waals surface area contributed by atoms with Gasteiger partial charge in [0.1, 0.15) is 0 Å². The number of ether oxygens (including phenoxy) is 1. The number of aromatic hydroxyl groups is 1. The van der Waals surface area contributed by atoms with Crippen LogP contribution in [0.4, 0.5) is 0 Å². The molecule has 0 bridgehead atoms. The van der Waals surface area contributed by atoms with Crippen molar-refractivity contribution in [3.8, 4) is 11.5 Å². The molecule has 5 heteroatoms. The molecule has 2 unspecified atom stereocenters. The Balaban J connectivity index is 2.19. The number of rotatable bonds is 6. The summed E-state index contributed by atoms with van der Waals surface area (Å²) in [4.78, 5) is 4.88. The van der Waals surface area contributed by atoms with Crippen LogP contribution >= 0.6 is 0 Å². The molecule has 22 heavy (non-hydrogen) atoms. The average molecular weight is 307 g/mol. The summed E-state index contributed by atoms with van der Waals surface area (Å²) < 4.78 is 5.50. The van der Waals surface area contributed by atoms with Crippen molar-refractivity contribution in [2.75, 3.05) is 39.8 Å². The van der Waals surface area contributed by atoms with Crippen molar-refractivity contribution >= 4 is 0 Å². The van der Waals surface area contributed by atoms with Crippen molar-refractivity contribution < 1.29 is 9.84 Å². The van der Waals surface area contributed by atoms with E-state index in [4.69, 9.17) is 10.5 Å². The van der Waals surface area contributed by atoms with Crippen molar-refractivity contribution in [2.45, 2.75) is 32.4 Å². The summed E-state index contributed by atoms with van der Waals surface area (Å²) >= 11 is 0. The van der Waals surface area contributed by atoms with Crippen LogP contribution in [-0.4, -0.2) is 60.8 Å². The molecule has 1 aliphatic rings. The van der Waals surface area contributed by atoms with Gasteiger partial charge in [0.05, 0.1) is 6.61 Å². The van der Waals surface area contributed by atoms with Crippen LogP contribution in [0.1, 0.15) is 31.9 Å². The summed E-state index contributed by atoms with van der Waals surface area (Å²) in [6, 6.07) is 6.33. The highest BCUT2D eigenvalue weighted by atomic mass is 16.5. The average Bonchev–Trinajstić information content (AvgIpc) is 2.52. The second-order valence-corrected chi connectivity index (χ2v) is 5.95. The van der Waals surface area contributed by atoms with E-state index >= 15 is 0 Å². The van der Waals surface area contributed by atoms with Crippen molar-refractivity contribution in [3.05, 3.63) is 23.8 Å². The van der Waals surface area contributed by atoms with Crippen molar-refractivity contribution in [3.63, 3.8) is 0 Å². The van der Waals surface area contributed by atoms with Crippen LogP contribution in [0.5, 0.6) is 11.5 Å². The van der Waals surface area contributed by atoms with Gasteiger partial charge in [0, 0.05) is 38.3 Å². The molecule has 0 aromatic heterocycles. The molecule has 1 saturated heterocycles. The molecule has 124 valence electrons. The Morgan fingerprint density at radius 1 is 1.36 bits per heavy atom. The quantitative estimate of drug-likeness (QED) is 0.839. The summed E-state index contributed by atoms with van der Waals surface area (Å²) in [6.07, 6.45) is 1.14. The number of nitrogens with two attached hydrogens (primary N) is 1. The first kappa shape index (κ1) is 17.1. The third-order valence-electron chi connectivity index (χ3n) is 4.61. The van der Waals surface area contributed by atoms with E-state index in [1.165, 1.54) is 0 Å². The number of hydrogen-bond acceptors (Lipinski definition) is 5. The molecule has 5 nitrogen and oxygen atoms in total. The van der Waals surface area contributed by atoms with E-state index in [1.54, 1.807) is 6.07 Å². The number of hydrogen-bond donors (Lipinski definition) is 2. The summed E-state index contributed by atoms with van der Waals surface area (Å²) in [5.41, 5.74) is 7.17. The zero-order valence-electron chi connectivity index (χ0n) is 14.0. The first-order chi connectivity index (χ1) is 10.6. The molecular formula is C17H29N3O2. The summed E-state index contributed by atoms with van der Waals surface area (Å²) in [5.74, 6) is 0.728. The number of likely N-dealkylation sites (N-methyl/N-ethyl adjacent to an activating group) is 1. The molecule has 1 aromatic carbocycles. The molecule has 1 aliphatic heterocycles. The van der Waals surface area contributed by atoms with Crippen molar-refractivity contribution in [1.82, 2.24) is 9.80 Å². The van der Waals surface area contributed by atoms with Gasteiger partial charge in [0.2, 0.25) is 0 Å². The molecule has 1 heterocycles. The maximum Gasteiger partial charge on any atom is 0.161 e. The lowest BCUT2D eigenvalue weighted by molar-refractivity contribution is 0.0643. The Labute approximate surface area is 133 Å². The highest BCUT2D eigenvalue weighted by Crippen LogP contribution is 2.32. The van der Waals surface area contributed by atoms with Crippen LogP contribution in [0.3, 0.4) is 0 Å². The maximum absolute atomic E-state index is 9.87. The topological polar surface area (TPSA) is 62.0 Å². The van der Waals surface area contributed by atoms with E-state index < -0.39 is 0 Å². The number of phenolic OH excluding ortho intramolecular Hbond substituents is 1. The van der Waals surface area contributed by atoms with Crippen LogP contribution in [0.15, 0.2) is 18.2 Å². The number of phenols is 1. The van der Waals surface area contributed by atoms with Crippen LogP contribution < -0.4 is 10.5 Å². The van der Waals surface area contributed by atoms with Gasteiger partial charge in [-0.25, -0.2) is 0 Å². The molecule has 0 saturated carbocycles. The molecule has 1 aromatic rings. The second kappa shape index (κ2) is 7.81. The van der Waals surface area contributed by atoms with Gasteiger partial charge < -0.3 is 20.5 Å². The van der Waals surface area contributed by atoms with E-state index in [9.17, 15) is 5.11 Å². The SMILES string of the molecule is CCOc1cc(C(CN)N2CCN(C)C(CC)C2)ccc1O. The fourth-order valence-corrected chi connectivity index (χ4v) is 3.20. The predicted octanol–water partition coefficient (Wildman–Crippen LogP) is 1.82. The Kier molecular flexibility index (Phi) is 6.06. The molecule has 2 rings (SSSR count). The largest absolute Gasteiger partial charge is 0.504 e. The van der Waals surface area contributed by atoms with Crippen LogP contribution in [0.25, 0.3) is 0 Å². The Morgan fingerprint density at radius 2 is 2.14 bits per heavy atom. The third-order valence-corrected chi connectivity index (χ3v) is 4.61. The van der Waals surface area contributed by atoms with E-state index in [-0.39, 0.29) is 11.8 Å². The highest BCUT2D eigenvalue weighted by Gasteiger charge is 2.28. The summed E-state index contributed by atoms with van der Waals surface area (Å²) in [6.45, 7) is 8.35. The highest BCUT2D eigenvalue weighted by molar-refractivity contribution is 5.43. The molecule has 0 spiro atoms. The standard InChI is InChI=1S/C17H29N3O2/c1-4-14-12-20(9-8-19(14)3)15(11-18)13-6-7-16(21)17(10-13)22-5-2/h6-7,10,14-15,21H,4-5,8-9,11-12,18H2,1-3H3. The minimum Gasteiger partial charge on any atom is -0.504 e. The van der Waals surface area contributed by atoms with Crippen molar-refractivity contribution in [2.24, 2.45) is 5.73 Å². The normalized spacial score (nSPS) is 21.7. The summed E-state index contributed by atoms with van der Waals surface area (Å²) in [5, 5.41) is 9.87. The van der Waals surface area contributed by atoms with Gasteiger partial charge in [0.25, 0.3) is 0 Å². The summed E-state index contributed by atoms with van der Waals surface area (Å²) in [7, 11) is 2.19. The zero-order chi connectivity index (χ0) is 16.1. The Morgan fingerprint density at radius 3 is 2.77 bits per heavy atom. The first-order valence-electron chi connectivity index (χ1n) is 8.20. The molecule has 0 aliphatic carbocycles. The molecule has 0 radical (unpaired) electrons. The van der Waals surface area contributed by atoms with Crippen molar-refractivity contribution in [1.29, 1.82) is 0 Å². The Hall–Kier alpha value is -1.30. The molecule has 1 fully saturated rings.